The van der Waals surface area contributed by atoms with E-state index in [2.05, 4.69) is 0 Å². The molecule has 1 aliphatic rings. The van der Waals surface area contributed by atoms with Crippen molar-refractivity contribution in [1.29, 1.82) is 0 Å². The van der Waals surface area contributed by atoms with Crippen LogP contribution in [0.3, 0.4) is 0 Å². The van der Waals surface area contributed by atoms with E-state index in [4.69, 9.17) is 7.74 Å². The molecule has 0 bridgehead atoms. The van der Waals surface area contributed by atoms with Crippen molar-refractivity contribution in [3.63, 3.8) is 0 Å². The second-order valence-electron chi connectivity index (χ2n) is 3.31. The molecule has 0 spiro atoms. The number of carbonyl (C=O) groups is 2. The largest absolute Gasteiger partial charge is 0.344 e. The Kier molecular flexibility index (Phi) is 2.60. The van der Waals surface area contributed by atoms with Crippen molar-refractivity contribution in [2.75, 3.05) is 0 Å². The van der Waals surface area contributed by atoms with Crippen LogP contribution in [0.2, 0.25) is 0 Å². The van der Waals surface area contributed by atoms with Crippen LogP contribution < -0.4 is 0 Å². The Balaban J connectivity index is 2.75. The van der Waals surface area contributed by atoms with Gasteiger partial charge in [-0.15, -0.1) is 0 Å². The standard InChI is InChI=1S/C7H10B2NO2/c1-4(2)5-3-6(11)10(9-8)7(5)12/h4-5H,3H2,1-2H3. The van der Waals surface area contributed by atoms with E-state index in [-0.39, 0.29) is 23.7 Å². The highest BCUT2D eigenvalue weighted by Gasteiger charge is 2.38. The lowest BCUT2D eigenvalue weighted by molar-refractivity contribution is -0.133. The maximum atomic E-state index is 11.4. The molecule has 61 valence electrons. The summed E-state index contributed by atoms with van der Waals surface area (Å²) in [5.41, 5.74) is 0. The van der Waals surface area contributed by atoms with Crippen LogP contribution in [-0.2, 0) is 9.59 Å². The van der Waals surface area contributed by atoms with Gasteiger partial charge >= 0.3 is 0 Å². The molecular formula is C7H10B2NO2. The normalized spacial score (nSPS) is 23.9. The minimum absolute atomic E-state index is 0.169. The average molecular weight is 162 g/mol. The third kappa shape index (κ3) is 1.40. The van der Waals surface area contributed by atoms with Gasteiger partial charge < -0.3 is 4.81 Å². The Morgan fingerprint density at radius 3 is 2.42 bits per heavy atom. The fourth-order valence-corrected chi connectivity index (χ4v) is 1.35. The van der Waals surface area contributed by atoms with Gasteiger partial charge in [-0.2, -0.15) is 0 Å². The van der Waals surface area contributed by atoms with Gasteiger partial charge in [0, 0.05) is 20.1 Å². The quantitative estimate of drug-likeness (QED) is 0.413. The number of carbonyl (C=O) groups excluding carboxylic acids is 2. The molecule has 3 radical (unpaired) electrons. The zero-order chi connectivity index (χ0) is 9.30. The second kappa shape index (κ2) is 3.33. The molecule has 12 heavy (non-hydrogen) atoms. The first-order valence-corrected chi connectivity index (χ1v) is 3.99. The number of hydrogen-bond donors (Lipinski definition) is 0. The molecule has 1 heterocycles. The zero-order valence-corrected chi connectivity index (χ0v) is 7.28. The summed E-state index contributed by atoms with van der Waals surface area (Å²) < 4.78 is 0. The molecule has 0 aromatic rings. The maximum Gasteiger partial charge on any atom is 0.219 e. The molecule has 0 saturated carbocycles. The van der Waals surface area contributed by atoms with Crippen LogP contribution in [-0.4, -0.2) is 31.7 Å². The molecule has 1 rings (SSSR count). The number of imide groups is 1. The van der Waals surface area contributed by atoms with Gasteiger partial charge in [-0.1, -0.05) is 13.8 Å². The van der Waals surface area contributed by atoms with E-state index in [9.17, 15) is 9.59 Å². The van der Waals surface area contributed by atoms with Gasteiger partial charge in [0.25, 0.3) is 0 Å². The van der Waals surface area contributed by atoms with Crippen molar-refractivity contribution >= 4 is 26.9 Å². The Bertz CT molecular complexity index is 217. The molecule has 1 unspecified atom stereocenters. The molecule has 2 amide bonds. The first-order chi connectivity index (χ1) is 5.57. The molecule has 3 nitrogen and oxygen atoms in total. The summed E-state index contributed by atoms with van der Waals surface area (Å²) in [6, 6.07) is 0. The molecule has 0 aromatic heterocycles. The summed E-state index contributed by atoms with van der Waals surface area (Å²) in [7, 11) is 6.18. The first-order valence-electron chi connectivity index (χ1n) is 3.99. The molecule has 1 aliphatic heterocycles. The van der Waals surface area contributed by atoms with E-state index in [0.29, 0.717) is 6.42 Å². The third-order valence-corrected chi connectivity index (χ3v) is 2.17. The van der Waals surface area contributed by atoms with Crippen molar-refractivity contribution in [2.45, 2.75) is 20.3 Å². The third-order valence-electron chi connectivity index (χ3n) is 2.17. The van der Waals surface area contributed by atoms with Crippen molar-refractivity contribution in [3.8, 4) is 0 Å². The van der Waals surface area contributed by atoms with Gasteiger partial charge in [0.1, 0.15) is 0 Å². The summed E-state index contributed by atoms with van der Waals surface area (Å²) in [6.07, 6.45) is 0.296. The molecule has 1 atom stereocenters. The van der Waals surface area contributed by atoms with Gasteiger partial charge in [0.15, 0.2) is 7.31 Å². The summed E-state index contributed by atoms with van der Waals surface area (Å²) in [5, 5.41) is 0. The smallest absolute Gasteiger partial charge is 0.219 e. The Morgan fingerprint density at radius 2 is 2.17 bits per heavy atom. The van der Waals surface area contributed by atoms with E-state index in [0.717, 1.165) is 12.1 Å². The lowest BCUT2D eigenvalue weighted by atomic mass is 9.65. The lowest BCUT2D eigenvalue weighted by Crippen LogP contribution is -2.35. The monoisotopic (exact) mass is 162 g/mol. The van der Waals surface area contributed by atoms with Crippen molar-refractivity contribution in [2.24, 2.45) is 11.8 Å². The predicted molar refractivity (Wildman–Crippen MR) is 46.3 cm³/mol. The van der Waals surface area contributed by atoms with Gasteiger partial charge in [0.05, 0.1) is 0 Å². The van der Waals surface area contributed by atoms with Crippen molar-refractivity contribution in [3.05, 3.63) is 0 Å². The van der Waals surface area contributed by atoms with E-state index in [1.807, 2.05) is 13.8 Å². The van der Waals surface area contributed by atoms with E-state index >= 15 is 0 Å². The molecule has 0 N–H and O–H groups in total. The average Bonchev–Trinajstić information content (AvgIpc) is 2.27. The fraction of sp³-hybridized carbons (Fsp3) is 0.714. The van der Waals surface area contributed by atoms with Crippen LogP contribution in [0, 0.1) is 11.8 Å². The molecule has 0 aliphatic carbocycles. The number of amides is 2. The van der Waals surface area contributed by atoms with Crippen LogP contribution in [0.15, 0.2) is 0 Å². The SMILES string of the molecule is [B][B]N1C(=O)CC(C(C)C)C1=O. The number of hydrogen-bond acceptors (Lipinski definition) is 2. The molecule has 1 fully saturated rings. The highest BCUT2D eigenvalue weighted by atomic mass is 16.2. The van der Waals surface area contributed by atoms with Crippen molar-refractivity contribution < 1.29 is 9.59 Å². The zero-order valence-electron chi connectivity index (χ0n) is 7.28. The van der Waals surface area contributed by atoms with Crippen LogP contribution in [0.1, 0.15) is 20.3 Å². The van der Waals surface area contributed by atoms with Crippen LogP contribution >= 0.6 is 0 Å². The van der Waals surface area contributed by atoms with Gasteiger partial charge in [-0.3, -0.25) is 9.59 Å². The summed E-state index contributed by atoms with van der Waals surface area (Å²) >= 11 is 0. The van der Waals surface area contributed by atoms with Crippen molar-refractivity contribution in [1.82, 2.24) is 4.81 Å². The summed E-state index contributed by atoms with van der Waals surface area (Å²) in [5.74, 6) is -0.345. The van der Waals surface area contributed by atoms with Gasteiger partial charge in [0.2, 0.25) is 11.8 Å². The van der Waals surface area contributed by atoms with E-state index in [1.54, 1.807) is 0 Å². The maximum absolute atomic E-state index is 11.4. The molecule has 5 heteroatoms. The van der Waals surface area contributed by atoms with E-state index < -0.39 is 0 Å². The first kappa shape index (κ1) is 9.36. The van der Waals surface area contributed by atoms with Crippen LogP contribution in [0.4, 0.5) is 0 Å². The molecular weight excluding hydrogens is 152 g/mol. The van der Waals surface area contributed by atoms with Crippen LogP contribution in [0.25, 0.3) is 0 Å². The van der Waals surface area contributed by atoms with E-state index in [1.165, 1.54) is 0 Å². The van der Waals surface area contributed by atoms with Crippen LogP contribution in [0.5, 0.6) is 0 Å². The minimum Gasteiger partial charge on any atom is -0.344 e. The molecule has 0 aromatic carbocycles. The molecule has 1 saturated heterocycles. The fourth-order valence-electron chi connectivity index (χ4n) is 1.35. The number of rotatable bonds is 2. The highest BCUT2D eigenvalue weighted by Crippen LogP contribution is 2.24. The highest BCUT2D eigenvalue weighted by molar-refractivity contribution is 6.90. The van der Waals surface area contributed by atoms with Gasteiger partial charge in [-0.05, 0) is 5.92 Å². The summed E-state index contributed by atoms with van der Waals surface area (Å²) in [6.45, 7) is 3.85. The summed E-state index contributed by atoms with van der Waals surface area (Å²) in [4.78, 5) is 23.5. The minimum atomic E-state index is -0.193. The Hall–Kier alpha value is -0.730. The van der Waals surface area contributed by atoms with Gasteiger partial charge in [-0.25, -0.2) is 0 Å². The number of nitrogens with zero attached hydrogens (tertiary/aromatic N) is 1. The Morgan fingerprint density at radius 1 is 1.58 bits per heavy atom. The Labute approximate surface area is 74.2 Å². The topological polar surface area (TPSA) is 37.4 Å². The lowest BCUT2D eigenvalue weighted by Gasteiger charge is -2.13. The predicted octanol–water partition coefficient (Wildman–Crippen LogP) is -0.280. The second-order valence-corrected chi connectivity index (χ2v) is 3.31.